The maximum atomic E-state index is 11.4. The van der Waals surface area contributed by atoms with Crippen LogP contribution in [-0.4, -0.2) is 30.8 Å². The average molecular weight is 235 g/mol. The molecule has 0 aromatic carbocycles. The molecule has 1 heterocycles. The van der Waals surface area contributed by atoms with Crippen LogP contribution in [0.4, 0.5) is 4.79 Å². The minimum absolute atomic E-state index is 0. The summed E-state index contributed by atoms with van der Waals surface area (Å²) in [4.78, 5) is 11.4. The fourth-order valence-corrected chi connectivity index (χ4v) is 2.08. The first-order chi connectivity index (χ1) is 6.47. The van der Waals surface area contributed by atoms with Crippen molar-refractivity contribution in [1.82, 2.24) is 10.6 Å². The van der Waals surface area contributed by atoms with Gasteiger partial charge in [0.2, 0.25) is 0 Å². The molecule has 0 bridgehead atoms. The van der Waals surface area contributed by atoms with Gasteiger partial charge < -0.3 is 15.4 Å². The van der Waals surface area contributed by atoms with E-state index in [1.165, 1.54) is 0 Å². The molecule has 2 N–H and O–H groups in total. The molecule has 2 rings (SSSR count). The van der Waals surface area contributed by atoms with Gasteiger partial charge in [-0.15, -0.1) is 12.4 Å². The first kappa shape index (κ1) is 12.6. The third kappa shape index (κ3) is 2.98. The number of alkyl carbamates (subject to hydrolysis) is 1. The zero-order valence-electron chi connectivity index (χ0n) is 9.37. The Hall–Kier alpha value is -0.480. The van der Waals surface area contributed by atoms with E-state index in [0.717, 1.165) is 13.1 Å². The number of piperidine rings is 1. The monoisotopic (exact) mass is 234 g/mol. The fourth-order valence-electron chi connectivity index (χ4n) is 2.08. The summed E-state index contributed by atoms with van der Waals surface area (Å²) < 4.78 is 5.18. The molecule has 0 radical (unpaired) electrons. The van der Waals surface area contributed by atoms with Crippen LogP contribution in [0.25, 0.3) is 0 Å². The highest BCUT2D eigenvalue weighted by Crippen LogP contribution is 2.41. The molecule has 2 fully saturated rings. The van der Waals surface area contributed by atoms with E-state index in [0.29, 0.717) is 17.9 Å². The summed E-state index contributed by atoms with van der Waals surface area (Å²) in [5, 5.41) is 6.19. The van der Waals surface area contributed by atoms with Crippen LogP contribution in [0.3, 0.4) is 0 Å². The van der Waals surface area contributed by atoms with Crippen LogP contribution in [0.15, 0.2) is 0 Å². The van der Waals surface area contributed by atoms with Crippen LogP contribution in [0.2, 0.25) is 0 Å². The summed E-state index contributed by atoms with van der Waals surface area (Å²) in [6.07, 6.45) is -0.281. The highest BCUT2D eigenvalue weighted by molar-refractivity contribution is 5.85. The SMILES string of the molecule is CC(C)(C)OC(=O)NC1C2CNCC21.Cl. The Balaban J connectivity index is 0.00000112. The Labute approximate surface area is 96.5 Å². The molecule has 1 saturated heterocycles. The topological polar surface area (TPSA) is 50.4 Å². The van der Waals surface area contributed by atoms with E-state index in [9.17, 15) is 4.79 Å². The molecule has 5 heteroatoms. The predicted molar refractivity (Wildman–Crippen MR) is 60.3 cm³/mol. The van der Waals surface area contributed by atoms with Crippen molar-refractivity contribution in [3.8, 4) is 0 Å². The molecular formula is C10H19ClN2O2. The number of hydrogen-bond donors (Lipinski definition) is 2. The number of amides is 1. The normalized spacial score (nSPS) is 32.6. The van der Waals surface area contributed by atoms with Gasteiger partial charge in [0.05, 0.1) is 0 Å². The number of hydrogen-bond acceptors (Lipinski definition) is 3. The van der Waals surface area contributed by atoms with Crippen molar-refractivity contribution in [3.63, 3.8) is 0 Å². The number of carbonyl (C=O) groups excluding carboxylic acids is 1. The van der Waals surface area contributed by atoms with Crippen LogP contribution in [0, 0.1) is 11.8 Å². The molecule has 4 nitrogen and oxygen atoms in total. The Bertz CT molecular complexity index is 242. The summed E-state index contributed by atoms with van der Waals surface area (Å²) in [5.74, 6) is 1.28. The molecule has 1 saturated carbocycles. The molecule has 0 aromatic rings. The molecule has 15 heavy (non-hydrogen) atoms. The van der Waals surface area contributed by atoms with Crippen LogP contribution >= 0.6 is 12.4 Å². The van der Waals surface area contributed by atoms with E-state index in [2.05, 4.69) is 10.6 Å². The summed E-state index contributed by atoms with van der Waals surface area (Å²) in [5.41, 5.74) is -0.396. The minimum atomic E-state index is -0.396. The van der Waals surface area contributed by atoms with Crippen molar-refractivity contribution < 1.29 is 9.53 Å². The van der Waals surface area contributed by atoms with Gasteiger partial charge in [0.15, 0.2) is 0 Å². The van der Waals surface area contributed by atoms with Crippen LogP contribution < -0.4 is 10.6 Å². The van der Waals surface area contributed by atoms with Gasteiger partial charge in [-0.2, -0.15) is 0 Å². The van der Waals surface area contributed by atoms with Crippen molar-refractivity contribution in [2.75, 3.05) is 13.1 Å². The Morgan fingerprint density at radius 3 is 2.33 bits per heavy atom. The molecule has 1 aliphatic carbocycles. The van der Waals surface area contributed by atoms with Gasteiger partial charge in [-0.25, -0.2) is 4.79 Å². The van der Waals surface area contributed by atoms with E-state index >= 15 is 0 Å². The molecule has 2 atom stereocenters. The van der Waals surface area contributed by atoms with Gasteiger partial charge in [0.1, 0.15) is 5.60 Å². The summed E-state index contributed by atoms with van der Waals surface area (Å²) >= 11 is 0. The van der Waals surface area contributed by atoms with Crippen molar-refractivity contribution in [1.29, 1.82) is 0 Å². The third-order valence-corrected chi connectivity index (χ3v) is 2.78. The number of halogens is 1. The van der Waals surface area contributed by atoms with Gasteiger partial charge in [0.25, 0.3) is 0 Å². The first-order valence-electron chi connectivity index (χ1n) is 5.17. The zero-order valence-corrected chi connectivity index (χ0v) is 10.2. The summed E-state index contributed by atoms with van der Waals surface area (Å²) in [6.45, 7) is 7.70. The highest BCUT2D eigenvalue weighted by atomic mass is 35.5. The third-order valence-electron chi connectivity index (χ3n) is 2.78. The Kier molecular flexibility index (Phi) is 3.51. The lowest BCUT2D eigenvalue weighted by molar-refractivity contribution is 0.0518. The van der Waals surface area contributed by atoms with Crippen LogP contribution in [0.5, 0.6) is 0 Å². The van der Waals surface area contributed by atoms with E-state index in [-0.39, 0.29) is 18.5 Å². The molecular weight excluding hydrogens is 216 g/mol. The largest absolute Gasteiger partial charge is 0.444 e. The predicted octanol–water partition coefficient (Wildman–Crippen LogP) is 1.15. The summed E-state index contributed by atoms with van der Waals surface area (Å²) in [7, 11) is 0. The molecule has 88 valence electrons. The number of nitrogens with one attached hydrogen (secondary N) is 2. The molecule has 2 unspecified atom stereocenters. The Morgan fingerprint density at radius 2 is 1.87 bits per heavy atom. The van der Waals surface area contributed by atoms with Crippen molar-refractivity contribution in [2.24, 2.45) is 11.8 Å². The van der Waals surface area contributed by atoms with Gasteiger partial charge in [0, 0.05) is 19.1 Å². The van der Waals surface area contributed by atoms with E-state index in [1.54, 1.807) is 0 Å². The van der Waals surface area contributed by atoms with E-state index in [1.807, 2.05) is 20.8 Å². The maximum absolute atomic E-state index is 11.4. The maximum Gasteiger partial charge on any atom is 0.407 e. The van der Waals surface area contributed by atoms with Crippen LogP contribution in [0.1, 0.15) is 20.8 Å². The average Bonchev–Trinajstić information content (AvgIpc) is 2.50. The minimum Gasteiger partial charge on any atom is -0.444 e. The molecule has 0 spiro atoms. The molecule has 1 aliphatic heterocycles. The first-order valence-corrected chi connectivity index (χ1v) is 5.17. The second-order valence-corrected chi connectivity index (χ2v) is 5.16. The second kappa shape index (κ2) is 4.18. The lowest BCUT2D eigenvalue weighted by Gasteiger charge is -2.20. The molecule has 2 aliphatic rings. The lowest BCUT2D eigenvalue weighted by Crippen LogP contribution is -2.37. The van der Waals surface area contributed by atoms with Gasteiger partial charge in [-0.05, 0) is 32.6 Å². The van der Waals surface area contributed by atoms with E-state index < -0.39 is 5.60 Å². The van der Waals surface area contributed by atoms with Crippen LogP contribution in [-0.2, 0) is 4.74 Å². The molecule has 0 aromatic heterocycles. The summed E-state index contributed by atoms with van der Waals surface area (Å²) in [6, 6.07) is 0.353. The highest BCUT2D eigenvalue weighted by Gasteiger charge is 2.54. The van der Waals surface area contributed by atoms with Crippen molar-refractivity contribution >= 4 is 18.5 Å². The quantitative estimate of drug-likeness (QED) is 0.716. The zero-order chi connectivity index (χ0) is 10.3. The van der Waals surface area contributed by atoms with Crippen molar-refractivity contribution in [2.45, 2.75) is 32.4 Å². The lowest BCUT2D eigenvalue weighted by atomic mass is 10.2. The van der Waals surface area contributed by atoms with Gasteiger partial charge in [-0.3, -0.25) is 0 Å². The number of ether oxygens (including phenoxy) is 1. The fraction of sp³-hybridized carbons (Fsp3) is 0.900. The Morgan fingerprint density at radius 1 is 1.33 bits per heavy atom. The van der Waals surface area contributed by atoms with E-state index in [4.69, 9.17) is 4.74 Å². The molecule has 1 amide bonds. The van der Waals surface area contributed by atoms with Gasteiger partial charge >= 0.3 is 6.09 Å². The standard InChI is InChI=1S/C10H18N2O2.ClH/c1-10(2,3)14-9(13)12-8-6-4-11-5-7(6)8;/h6-8,11H,4-5H2,1-3H3,(H,12,13);1H. The number of carbonyl (C=O) groups is 1. The van der Waals surface area contributed by atoms with Crippen molar-refractivity contribution in [3.05, 3.63) is 0 Å². The second-order valence-electron chi connectivity index (χ2n) is 5.16. The smallest absolute Gasteiger partial charge is 0.407 e. The number of fused-ring (bicyclic) bond motifs is 1. The van der Waals surface area contributed by atoms with Gasteiger partial charge in [-0.1, -0.05) is 0 Å². The number of rotatable bonds is 1.